The van der Waals surface area contributed by atoms with E-state index in [1.54, 1.807) is 0 Å². The average Bonchev–Trinajstić information content (AvgIpc) is 3.37. The Morgan fingerprint density at radius 2 is 2.16 bits per heavy atom. The summed E-state index contributed by atoms with van der Waals surface area (Å²) in [6.45, 7) is 4.19. The van der Waals surface area contributed by atoms with Crippen molar-refractivity contribution in [2.24, 2.45) is 0 Å². The third-order valence-electron chi connectivity index (χ3n) is 5.51. The third kappa shape index (κ3) is 3.15. The second-order valence-electron chi connectivity index (χ2n) is 7.09. The number of nitrogens with zero attached hydrogens (tertiary/aromatic N) is 4. The van der Waals surface area contributed by atoms with Gasteiger partial charge in [0, 0.05) is 31.8 Å². The second-order valence-corrected chi connectivity index (χ2v) is 7.09. The Morgan fingerprint density at radius 1 is 1.32 bits per heavy atom. The standard InChI is InChI=1S/C19H26N4O2/c1-2-25-13-17(24)22-11-9-15(12-22)23-18(14-6-3-4-7-14)21-16-8-5-10-20-19(16)23/h5,8,10,14-15H,2-4,6-7,9,11-13H2,1H3/t15-/m0/s1. The lowest BCUT2D eigenvalue weighted by Gasteiger charge is -2.20. The molecule has 6 nitrogen and oxygen atoms in total. The summed E-state index contributed by atoms with van der Waals surface area (Å²) in [6, 6.07) is 4.26. The Bertz CT molecular complexity index is 751. The van der Waals surface area contributed by atoms with Crippen LogP contribution in [0.1, 0.15) is 56.8 Å². The molecule has 2 aromatic heterocycles. The van der Waals surface area contributed by atoms with Gasteiger partial charge in [-0.25, -0.2) is 9.97 Å². The molecule has 25 heavy (non-hydrogen) atoms. The molecule has 0 bridgehead atoms. The van der Waals surface area contributed by atoms with E-state index in [4.69, 9.17) is 9.72 Å². The number of rotatable bonds is 5. The predicted molar refractivity (Wildman–Crippen MR) is 95.5 cm³/mol. The van der Waals surface area contributed by atoms with Crippen LogP contribution in [0, 0.1) is 0 Å². The quantitative estimate of drug-likeness (QED) is 0.838. The largest absolute Gasteiger partial charge is 0.372 e. The van der Waals surface area contributed by atoms with Crippen molar-refractivity contribution in [2.45, 2.75) is 51.0 Å². The third-order valence-corrected chi connectivity index (χ3v) is 5.51. The van der Waals surface area contributed by atoms with E-state index in [9.17, 15) is 4.79 Å². The summed E-state index contributed by atoms with van der Waals surface area (Å²) in [7, 11) is 0. The number of hydrogen-bond acceptors (Lipinski definition) is 4. The van der Waals surface area contributed by atoms with Crippen LogP contribution in [0.15, 0.2) is 18.3 Å². The number of amides is 1. The highest BCUT2D eigenvalue weighted by Crippen LogP contribution is 2.37. The van der Waals surface area contributed by atoms with Crippen LogP contribution in [0.4, 0.5) is 0 Å². The average molecular weight is 342 g/mol. The van der Waals surface area contributed by atoms with Crippen LogP contribution in [-0.2, 0) is 9.53 Å². The molecular formula is C19H26N4O2. The van der Waals surface area contributed by atoms with Crippen molar-refractivity contribution >= 4 is 17.1 Å². The highest BCUT2D eigenvalue weighted by atomic mass is 16.5. The van der Waals surface area contributed by atoms with Crippen LogP contribution >= 0.6 is 0 Å². The van der Waals surface area contributed by atoms with Gasteiger partial charge in [-0.2, -0.15) is 0 Å². The Morgan fingerprint density at radius 3 is 2.96 bits per heavy atom. The molecule has 2 aliphatic rings. The summed E-state index contributed by atoms with van der Waals surface area (Å²) < 4.78 is 7.62. The number of aromatic nitrogens is 3. The molecule has 4 rings (SSSR count). The molecule has 1 atom stereocenters. The molecule has 0 unspecified atom stereocenters. The van der Waals surface area contributed by atoms with Crippen molar-refractivity contribution in [3.8, 4) is 0 Å². The zero-order valence-electron chi connectivity index (χ0n) is 14.9. The number of carbonyl (C=O) groups is 1. The lowest BCUT2D eigenvalue weighted by molar-refractivity contribution is -0.135. The van der Waals surface area contributed by atoms with E-state index in [1.807, 2.05) is 30.2 Å². The zero-order chi connectivity index (χ0) is 17.2. The first-order valence-electron chi connectivity index (χ1n) is 9.46. The van der Waals surface area contributed by atoms with E-state index in [0.717, 1.165) is 30.7 Å². The van der Waals surface area contributed by atoms with Crippen molar-refractivity contribution in [1.29, 1.82) is 0 Å². The van der Waals surface area contributed by atoms with Crippen LogP contribution in [-0.4, -0.2) is 51.6 Å². The molecule has 1 aliphatic heterocycles. The minimum atomic E-state index is 0.0872. The monoisotopic (exact) mass is 342 g/mol. The van der Waals surface area contributed by atoms with Gasteiger partial charge in [-0.3, -0.25) is 4.79 Å². The van der Waals surface area contributed by atoms with Gasteiger partial charge in [0.05, 0.1) is 6.04 Å². The van der Waals surface area contributed by atoms with Crippen molar-refractivity contribution in [2.75, 3.05) is 26.3 Å². The normalized spacial score (nSPS) is 21.5. The molecule has 1 amide bonds. The van der Waals surface area contributed by atoms with Crippen molar-refractivity contribution in [1.82, 2.24) is 19.4 Å². The fourth-order valence-corrected chi connectivity index (χ4v) is 4.24. The Kier molecular flexibility index (Phi) is 4.70. The smallest absolute Gasteiger partial charge is 0.248 e. The summed E-state index contributed by atoms with van der Waals surface area (Å²) in [4.78, 5) is 23.7. The Balaban J connectivity index is 1.62. The van der Waals surface area contributed by atoms with E-state index < -0.39 is 0 Å². The highest BCUT2D eigenvalue weighted by Gasteiger charge is 2.33. The number of likely N-dealkylation sites (tertiary alicyclic amines) is 1. The van der Waals surface area contributed by atoms with Crippen LogP contribution in [0.2, 0.25) is 0 Å². The predicted octanol–water partition coefficient (Wildman–Crippen LogP) is 2.90. The fraction of sp³-hybridized carbons (Fsp3) is 0.632. The maximum Gasteiger partial charge on any atom is 0.248 e. The van der Waals surface area contributed by atoms with Crippen LogP contribution in [0.3, 0.4) is 0 Å². The lowest BCUT2D eigenvalue weighted by atomic mass is 10.1. The van der Waals surface area contributed by atoms with Gasteiger partial charge in [0.2, 0.25) is 5.91 Å². The molecule has 2 aromatic rings. The first-order chi connectivity index (χ1) is 12.3. The van der Waals surface area contributed by atoms with Gasteiger partial charge in [-0.1, -0.05) is 12.8 Å². The summed E-state index contributed by atoms with van der Waals surface area (Å²) in [5.41, 5.74) is 1.94. The number of ether oxygens (including phenoxy) is 1. The van der Waals surface area contributed by atoms with E-state index in [2.05, 4.69) is 9.55 Å². The molecule has 3 heterocycles. The molecule has 6 heteroatoms. The first-order valence-corrected chi connectivity index (χ1v) is 9.46. The van der Waals surface area contributed by atoms with Crippen LogP contribution < -0.4 is 0 Å². The molecule has 0 aromatic carbocycles. The summed E-state index contributed by atoms with van der Waals surface area (Å²) in [6.07, 6.45) is 7.79. The van der Waals surface area contributed by atoms with Gasteiger partial charge in [0.1, 0.15) is 17.9 Å². The molecule has 0 spiro atoms. The maximum absolute atomic E-state index is 12.3. The van der Waals surface area contributed by atoms with Crippen molar-refractivity contribution < 1.29 is 9.53 Å². The molecule has 1 saturated heterocycles. The van der Waals surface area contributed by atoms with Crippen molar-refractivity contribution in [3.05, 3.63) is 24.2 Å². The minimum absolute atomic E-state index is 0.0872. The molecular weight excluding hydrogens is 316 g/mol. The SMILES string of the molecule is CCOCC(=O)N1CC[C@H](n2c(C3CCCC3)nc3cccnc32)C1. The van der Waals surface area contributed by atoms with Gasteiger partial charge in [0.25, 0.3) is 0 Å². The Hall–Kier alpha value is -1.95. The van der Waals surface area contributed by atoms with Gasteiger partial charge < -0.3 is 14.2 Å². The topological polar surface area (TPSA) is 60.2 Å². The Labute approximate surface area is 148 Å². The number of hydrogen-bond donors (Lipinski definition) is 0. The fourth-order valence-electron chi connectivity index (χ4n) is 4.24. The number of fused-ring (bicyclic) bond motifs is 1. The van der Waals surface area contributed by atoms with E-state index >= 15 is 0 Å². The molecule has 1 saturated carbocycles. The van der Waals surface area contributed by atoms with E-state index in [-0.39, 0.29) is 18.6 Å². The van der Waals surface area contributed by atoms with Gasteiger partial charge in [-0.05, 0) is 38.3 Å². The molecule has 0 radical (unpaired) electrons. The lowest BCUT2D eigenvalue weighted by Crippen LogP contribution is -2.32. The summed E-state index contributed by atoms with van der Waals surface area (Å²) in [5, 5.41) is 0. The summed E-state index contributed by atoms with van der Waals surface area (Å²) in [5.74, 6) is 1.79. The molecule has 1 aliphatic carbocycles. The highest BCUT2D eigenvalue weighted by molar-refractivity contribution is 5.78. The number of imidazole rings is 1. The number of pyridine rings is 1. The number of carbonyl (C=O) groups excluding carboxylic acids is 1. The van der Waals surface area contributed by atoms with Crippen molar-refractivity contribution in [3.63, 3.8) is 0 Å². The first kappa shape index (κ1) is 16.5. The molecule has 0 N–H and O–H groups in total. The van der Waals surface area contributed by atoms with Gasteiger partial charge >= 0.3 is 0 Å². The minimum Gasteiger partial charge on any atom is -0.372 e. The molecule has 2 fully saturated rings. The van der Waals surface area contributed by atoms with Crippen LogP contribution in [0.25, 0.3) is 11.2 Å². The van der Waals surface area contributed by atoms with E-state index in [0.29, 0.717) is 12.5 Å². The van der Waals surface area contributed by atoms with Gasteiger partial charge in [0.15, 0.2) is 5.65 Å². The maximum atomic E-state index is 12.3. The van der Waals surface area contributed by atoms with Gasteiger partial charge in [-0.15, -0.1) is 0 Å². The molecule has 134 valence electrons. The second kappa shape index (κ2) is 7.12. The van der Waals surface area contributed by atoms with Crippen LogP contribution in [0.5, 0.6) is 0 Å². The zero-order valence-corrected chi connectivity index (χ0v) is 14.9. The van der Waals surface area contributed by atoms with E-state index in [1.165, 1.54) is 31.5 Å². The summed E-state index contributed by atoms with van der Waals surface area (Å²) >= 11 is 0.